The number of anilines is 2. The Kier molecular flexibility index (Phi) is 4.92. The predicted molar refractivity (Wildman–Crippen MR) is 110 cm³/mol. The summed E-state index contributed by atoms with van der Waals surface area (Å²) in [6, 6.07) is 15.3. The van der Waals surface area contributed by atoms with E-state index < -0.39 is 0 Å². The van der Waals surface area contributed by atoms with Gasteiger partial charge in [-0.25, -0.2) is 0 Å². The fraction of sp³-hybridized carbons (Fsp3) is 0.238. The number of aryl methyl sites for hydroxylation is 2. The van der Waals surface area contributed by atoms with E-state index in [1.54, 1.807) is 6.07 Å². The summed E-state index contributed by atoms with van der Waals surface area (Å²) in [4.78, 5) is 26.8. The van der Waals surface area contributed by atoms with Crippen molar-refractivity contribution in [1.82, 2.24) is 10.2 Å². The Labute approximate surface area is 167 Å². The smallest absolute Gasteiger partial charge is 0.257 e. The lowest BCUT2D eigenvalue weighted by molar-refractivity contribution is -0.117. The lowest BCUT2D eigenvalue weighted by Crippen LogP contribution is -2.25. The number of benzene rings is 2. The Morgan fingerprint density at radius 1 is 1.07 bits per heavy atom. The van der Waals surface area contributed by atoms with E-state index in [2.05, 4.69) is 15.5 Å². The van der Waals surface area contributed by atoms with Crippen LogP contribution in [-0.2, 0) is 4.79 Å². The van der Waals surface area contributed by atoms with E-state index in [1.807, 2.05) is 61.2 Å². The molecule has 1 N–H and O–H groups in total. The van der Waals surface area contributed by atoms with Crippen molar-refractivity contribution in [2.45, 2.75) is 26.2 Å². The summed E-state index contributed by atoms with van der Waals surface area (Å²) in [5.41, 5.74) is 3.52. The van der Waals surface area contributed by atoms with E-state index >= 15 is 0 Å². The molecule has 1 fully saturated rings. The maximum Gasteiger partial charge on any atom is 0.257 e. The molecule has 7 heteroatoms. The molecule has 0 spiro atoms. The fourth-order valence-electron chi connectivity index (χ4n) is 3.41. The van der Waals surface area contributed by atoms with Crippen LogP contribution >= 0.6 is 11.3 Å². The summed E-state index contributed by atoms with van der Waals surface area (Å²) in [5, 5.41) is 12.4. The molecule has 6 nitrogen and oxygen atoms in total. The van der Waals surface area contributed by atoms with Gasteiger partial charge in [0.25, 0.3) is 5.91 Å². The van der Waals surface area contributed by atoms with Gasteiger partial charge in [-0.05, 0) is 37.1 Å². The number of rotatable bonds is 4. The molecule has 1 aliphatic heterocycles. The van der Waals surface area contributed by atoms with Crippen molar-refractivity contribution in [2.24, 2.45) is 0 Å². The van der Waals surface area contributed by atoms with E-state index in [1.165, 1.54) is 11.3 Å². The van der Waals surface area contributed by atoms with Crippen molar-refractivity contribution >= 4 is 34.0 Å². The number of nitrogens with zero attached hydrogens (tertiary/aromatic N) is 3. The molecule has 1 atom stereocenters. The molecule has 4 rings (SSSR count). The molecule has 2 heterocycles. The van der Waals surface area contributed by atoms with Gasteiger partial charge < -0.3 is 4.90 Å². The van der Waals surface area contributed by atoms with Crippen molar-refractivity contribution in [3.8, 4) is 0 Å². The first-order valence-corrected chi connectivity index (χ1v) is 9.91. The number of carbonyl (C=O) groups excluding carboxylic acids is 2. The summed E-state index contributed by atoms with van der Waals surface area (Å²) in [5.74, 6) is -0.140. The van der Waals surface area contributed by atoms with Crippen LogP contribution in [0.2, 0.25) is 0 Å². The highest BCUT2D eigenvalue weighted by molar-refractivity contribution is 7.15. The van der Waals surface area contributed by atoms with E-state index in [-0.39, 0.29) is 17.7 Å². The van der Waals surface area contributed by atoms with Crippen LogP contribution in [0.3, 0.4) is 0 Å². The van der Waals surface area contributed by atoms with Crippen LogP contribution in [0.5, 0.6) is 0 Å². The van der Waals surface area contributed by atoms with Crippen molar-refractivity contribution < 1.29 is 9.59 Å². The highest BCUT2D eigenvalue weighted by Crippen LogP contribution is 2.35. The Balaban J connectivity index is 1.48. The second-order valence-corrected chi connectivity index (χ2v) is 7.92. The molecule has 142 valence electrons. The summed E-state index contributed by atoms with van der Waals surface area (Å²) < 4.78 is 0. The van der Waals surface area contributed by atoms with Crippen LogP contribution in [0.25, 0.3) is 0 Å². The predicted octanol–water partition coefficient (Wildman–Crippen LogP) is 3.93. The molecular weight excluding hydrogens is 372 g/mol. The minimum absolute atomic E-state index is 0.0197. The third kappa shape index (κ3) is 3.53. The Bertz CT molecular complexity index is 1050. The average Bonchev–Trinajstić information content (AvgIpc) is 3.29. The second-order valence-electron chi connectivity index (χ2n) is 6.91. The van der Waals surface area contributed by atoms with Gasteiger partial charge in [-0.2, -0.15) is 0 Å². The third-order valence-corrected chi connectivity index (χ3v) is 5.93. The standard InChI is InChI=1S/C21H20N4O2S/c1-13-7-3-5-9-16(13)19(27)22-21-24-23-20(28-21)15-11-18(26)25(12-15)17-10-6-4-8-14(17)2/h3-10,15H,11-12H2,1-2H3,(H,22,24,27). The molecule has 1 aliphatic rings. The van der Waals surface area contributed by atoms with Gasteiger partial charge in [0.05, 0.1) is 0 Å². The number of aromatic nitrogens is 2. The first kappa shape index (κ1) is 18.3. The Hall–Kier alpha value is -3.06. The quantitative estimate of drug-likeness (QED) is 0.730. The average molecular weight is 392 g/mol. The van der Waals surface area contributed by atoms with E-state index in [9.17, 15) is 9.59 Å². The van der Waals surface area contributed by atoms with Crippen molar-refractivity contribution in [3.05, 3.63) is 70.2 Å². The molecule has 0 aliphatic carbocycles. The van der Waals surface area contributed by atoms with Gasteiger partial charge in [0.2, 0.25) is 11.0 Å². The number of hydrogen-bond acceptors (Lipinski definition) is 5. The van der Waals surface area contributed by atoms with Gasteiger partial charge in [0, 0.05) is 30.1 Å². The molecule has 0 saturated carbocycles. The molecule has 1 unspecified atom stereocenters. The van der Waals surface area contributed by atoms with Gasteiger partial charge in [0.1, 0.15) is 5.01 Å². The highest BCUT2D eigenvalue weighted by atomic mass is 32.1. The molecule has 2 amide bonds. The lowest BCUT2D eigenvalue weighted by atomic mass is 10.1. The molecule has 2 aromatic carbocycles. The summed E-state index contributed by atoms with van der Waals surface area (Å²) in [7, 11) is 0. The monoisotopic (exact) mass is 392 g/mol. The minimum atomic E-state index is -0.204. The summed E-state index contributed by atoms with van der Waals surface area (Å²) in [6.07, 6.45) is 0.398. The zero-order valence-corrected chi connectivity index (χ0v) is 16.5. The number of hydrogen-bond donors (Lipinski definition) is 1. The van der Waals surface area contributed by atoms with Crippen LogP contribution in [0, 0.1) is 13.8 Å². The molecule has 28 heavy (non-hydrogen) atoms. The molecule has 0 radical (unpaired) electrons. The molecule has 3 aromatic rings. The second kappa shape index (κ2) is 7.52. The van der Waals surface area contributed by atoms with Crippen molar-refractivity contribution in [2.75, 3.05) is 16.8 Å². The number of amides is 2. The third-order valence-electron chi connectivity index (χ3n) is 4.93. The van der Waals surface area contributed by atoms with Gasteiger partial charge >= 0.3 is 0 Å². The first-order chi connectivity index (χ1) is 13.5. The van der Waals surface area contributed by atoms with E-state index in [4.69, 9.17) is 0 Å². The number of carbonyl (C=O) groups is 2. The van der Waals surface area contributed by atoms with Crippen LogP contribution < -0.4 is 10.2 Å². The highest BCUT2D eigenvalue weighted by Gasteiger charge is 2.34. The van der Waals surface area contributed by atoms with E-state index in [0.717, 1.165) is 21.8 Å². The molecule has 1 saturated heterocycles. The summed E-state index contributed by atoms with van der Waals surface area (Å²) in [6.45, 7) is 4.47. The normalized spacial score (nSPS) is 16.4. The van der Waals surface area contributed by atoms with Gasteiger partial charge in [-0.3, -0.25) is 14.9 Å². The Morgan fingerprint density at radius 2 is 1.79 bits per heavy atom. The summed E-state index contributed by atoms with van der Waals surface area (Å²) >= 11 is 1.33. The van der Waals surface area contributed by atoms with Gasteiger partial charge in [0.15, 0.2) is 0 Å². The topological polar surface area (TPSA) is 75.2 Å². The van der Waals surface area contributed by atoms with Crippen LogP contribution in [0.15, 0.2) is 48.5 Å². The van der Waals surface area contributed by atoms with Crippen LogP contribution in [-0.4, -0.2) is 28.6 Å². The zero-order valence-electron chi connectivity index (χ0n) is 15.7. The zero-order chi connectivity index (χ0) is 19.7. The van der Waals surface area contributed by atoms with E-state index in [0.29, 0.717) is 23.7 Å². The number of nitrogens with one attached hydrogen (secondary N) is 1. The van der Waals surface area contributed by atoms with Crippen molar-refractivity contribution in [3.63, 3.8) is 0 Å². The van der Waals surface area contributed by atoms with Gasteiger partial charge in [-0.15, -0.1) is 10.2 Å². The fourth-order valence-corrected chi connectivity index (χ4v) is 4.24. The van der Waals surface area contributed by atoms with Gasteiger partial charge in [-0.1, -0.05) is 47.7 Å². The maximum absolute atomic E-state index is 12.5. The lowest BCUT2D eigenvalue weighted by Gasteiger charge is -2.18. The number of para-hydroxylation sites is 1. The Morgan fingerprint density at radius 3 is 2.54 bits per heavy atom. The van der Waals surface area contributed by atoms with Crippen LogP contribution in [0.1, 0.15) is 38.8 Å². The van der Waals surface area contributed by atoms with Crippen LogP contribution in [0.4, 0.5) is 10.8 Å². The largest absolute Gasteiger partial charge is 0.311 e. The maximum atomic E-state index is 12.5. The molecule has 1 aromatic heterocycles. The minimum Gasteiger partial charge on any atom is -0.311 e. The SMILES string of the molecule is Cc1ccccc1C(=O)Nc1nnc(C2CC(=O)N(c3ccccc3C)C2)s1. The molecular formula is C21H20N4O2S. The van der Waals surface area contributed by atoms with Crippen molar-refractivity contribution in [1.29, 1.82) is 0 Å². The first-order valence-electron chi connectivity index (χ1n) is 9.09. The molecule has 0 bridgehead atoms.